The molecule has 1 heterocycles. The lowest BCUT2D eigenvalue weighted by atomic mass is 10.0. The highest BCUT2D eigenvalue weighted by Gasteiger charge is 2.47. The third kappa shape index (κ3) is 1.03. The molecule has 0 aliphatic heterocycles. The molecule has 0 radical (unpaired) electrons. The monoisotopic (exact) mass is 196 g/mol. The van der Waals surface area contributed by atoms with E-state index >= 15 is 0 Å². The van der Waals surface area contributed by atoms with E-state index in [-0.39, 0.29) is 0 Å². The van der Waals surface area contributed by atoms with Crippen molar-refractivity contribution in [1.29, 1.82) is 0 Å². The lowest BCUT2D eigenvalue weighted by Crippen LogP contribution is -2.15. The number of aromatic amines is 1. The fraction of sp³-hybridized carbons (Fsp3) is 0.750. The molecule has 3 N–H and O–H groups in total. The molecule has 2 atom stereocenters. The van der Waals surface area contributed by atoms with Gasteiger partial charge >= 0.3 is 0 Å². The zero-order chi connectivity index (χ0) is 9.00. The summed E-state index contributed by atoms with van der Waals surface area (Å²) in [6.45, 7) is 0. The number of nitrogens with two attached hydrogens (primary N) is 1. The summed E-state index contributed by atoms with van der Waals surface area (Å²) in [5, 5.41) is 6.91. The molecule has 0 aromatic carbocycles. The number of hydrogen-bond acceptors (Lipinski definition) is 3. The SMILES string of the molecule is Nn1c(C2CC3CC3C2)n[nH]c1=S. The molecule has 2 aliphatic carbocycles. The first-order valence-corrected chi connectivity index (χ1v) is 5.09. The average Bonchev–Trinajstić information content (AvgIpc) is 2.58. The summed E-state index contributed by atoms with van der Waals surface area (Å²) < 4.78 is 2.04. The molecule has 0 bridgehead atoms. The van der Waals surface area contributed by atoms with Crippen molar-refractivity contribution < 1.29 is 0 Å². The fourth-order valence-electron chi connectivity index (χ4n) is 2.53. The van der Waals surface area contributed by atoms with Crippen molar-refractivity contribution in [3.05, 3.63) is 10.6 Å². The molecule has 4 nitrogen and oxygen atoms in total. The summed E-state index contributed by atoms with van der Waals surface area (Å²) in [6, 6.07) is 0. The molecule has 13 heavy (non-hydrogen) atoms. The van der Waals surface area contributed by atoms with E-state index < -0.39 is 0 Å². The minimum atomic E-state index is 0.524. The Labute approximate surface area is 81.1 Å². The first kappa shape index (κ1) is 7.55. The predicted molar refractivity (Wildman–Crippen MR) is 51.1 cm³/mol. The lowest BCUT2D eigenvalue weighted by molar-refractivity contribution is 0.573. The largest absolute Gasteiger partial charge is 0.335 e. The van der Waals surface area contributed by atoms with Crippen molar-refractivity contribution >= 4 is 12.2 Å². The molecular weight excluding hydrogens is 184 g/mol. The minimum Gasteiger partial charge on any atom is -0.335 e. The van der Waals surface area contributed by atoms with E-state index in [1.165, 1.54) is 23.9 Å². The minimum absolute atomic E-state index is 0.524. The zero-order valence-corrected chi connectivity index (χ0v) is 8.05. The fourth-order valence-corrected chi connectivity index (χ4v) is 2.67. The van der Waals surface area contributed by atoms with Gasteiger partial charge in [0, 0.05) is 5.92 Å². The summed E-state index contributed by atoms with van der Waals surface area (Å²) >= 11 is 4.97. The van der Waals surface area contributed by atoms with Crippen LogP contribution in [0.3, 0.4) is 0 Å². The summed E-state index contributed by atoms with van der Waals surface area (Å²) in [6.07, 6.45) is 3.93. The van der Waals surface area contributed by atoms with Gasteiger partial charge in [-0.25, -0.2) is 4.68 Å². The second-order valence-electron chi connectivity index (χ2n) is 4.18. The van der Waals surface area contributed by atoms with Gasteiger partial charge in [-0.3, -0.25) is 5.10 Å². The van der Waals surface area contributed by atoms with Crippen molar-refractivity contribution in [2.24, 2.45) is 11.8 Å². The number of fused-ring (bicyclic) bond motifs is 1. The molecule has 0 spiro atoms. The van der Waals surface area contributed by atoms with Crippen LogP contribution in [0.2, 0.25) is 0 Å². The summed E-state index contributed by atoms with van der Waals surface area (Å²) in [7, 11) is 0. The molecule has 70 valence electrons. The maximum Gasteiger partial charge on any atom is 0.214 e. The molecule has 3 rings (SSSR count). The van der Waals surface area contributed by atoms with E-state index in [1.807, 2.05) is 0 Å². The molecule has 1 aromatic rings. The van der Waals surface area contributed by atoms with Gasteiger partial charge < -0.3 is 5.84 Å². The normalized spacial score (nSPS) is 36.2. The molecule has 2 saturated carbocycles. The van der Waals surface area contributed by atoms with Crippen molar-refractivity contribution in [2.75, 3.05) is 5.84 Å². The highest BCUT2D eigenvalue weighted by Crippen LogP contribution is 2.56. The van der Waals surface area contributed by atoms with E-state index in [2.05, 4.69) is 10.2 Å². The summed E-state index contributed by atoms with van der Waals surface area (Å²) in [5.41, 5.74) is 0. The first-order chi connectivity index (χ1) is 6.25. The molecule has 2 fully saturated rings. The standard InChI is InChI=1S/C8H12N4S/c9-12-7(10-11-8(12)13)6-2-4-1-5(4)3-6/h4-6H,1-3,9H2,(H,11,13). The van der Waals surface area contributed by atoms with Crippen LogP contribution in [0.4, 0.5) is 0 Å². The third-order valence-corrected chi connectivity index (χ3v) is 3.63. The van der Waals surface area contributed by atoms with Crippen LogP contribution in [-0.4, -0.2) is 14.9 Å². The van der Waals surface area contributed by atoms with Gasteiger partial charge in [0.2, 0.25) is 4.77 Å². The summed E-state index contributed by atoms with van der Waals surface area (Å²) in [4.78, 5) is 0. The maximum absolute atomic E-state index is 5.76. The van der Waals surface area contributed by atoms with E-state index in [9.17, 15) is 0 Å². The Balaban J connectivity index is 1.92. The van der Waals surface area contributed by atoms with Crippen molar-refractivity contribution in [1.82, 2.24) is 14.9 Å². The Bertz CT molecular complexity index is 383. The number of aromatic nitrogens is 3. The molecule has 1 aromatic heterocycles. The molecule has 0 amide bonds. The number of nitrogens with zero attached hydrogens (tertiary/aromatic N) is 2. The van der Waals surface area contributed by atoms with Crippen LogP contribution < -0.4 is 5.84 Å². The Morgan fingerprint density at radius 2 is 2.08 bits per heavy atom. The van der Waals surface area contributed by atoms with Crippen molar-refractivity contribution in [3.8, 4) is 0 Å². The van der Waals surface area contributed by atoms with Gasteiger partial charge in [-0.2, -0.15) is 5.10 Å². The van der Waals surface area contributed by atoms with Crippen molar-refractivity contribution in [3.63, 3.8) is 0 Å². The van der Waals surface area contributed by atoms with E-state index in [1.54, 1.807) is 0 Å². The summed E-state index contributed by atoms with van der Waals surface area (Å²) in [5.74, 6) is 9.15. The van der Waals surface area contributed by atoms with Gasteiger partial charge in [0.15, 0.2) is 5.82 Å². The number of hydrogen-bond donors (Lipinski definition) is 2. The molecule has 2 aliphatic rings. The zero-order valence-electron chi connectivity index (χ0n) is 7.23. The van der Waals surface area contributed by atoms with Gasteiger partial charge in [-0.1, -0.05) is 0 Å². The smallest absolute Gasteiger partial charge is 0.214 e. The first-order valence-electron chi connectivity index (χ1n) is 4.68. The number of nitrogen functional groups attached to an aromatic ring is 1. The van der Waals surface area contributed by atoms with Crippen LogP contribution in [0.5, 0.6) is 0 Å². The molecule has 2 unspecified atom stereocenters. The van der Waals surface area contributed by atoms with Gasteiger partial charge in [0.1, 0.15) is 0 Å². The number of nitrogens with one attached hydrogen (secondary N) is 1. The van der Waals surface area contributed by atoms with Crippen molar-refractivity contribution in [2.45, 2.75) is 25.2 Å². The third-order valence-electron chi connectivity index (χ3n) is 3.34. The second-order valence-corrected chi connectivity index (χ2v) is 4.57. The van der Waals surface area contributed by atoms with Crippen LogP contribution in [0.1, 0.15) is 31.0 Å². The van der Waals surface area contributed by atoms with E-state index in [4.69, 9.17) is 18.1 Å². The highest BCUT2D eigenvalue weighted by atomic mass is 32.1. The lowest BCUT2D eigenvalue weighted by Gasteiger charge is -2.09. The Kier molecular flexibility index (Phi) is 1.36. The van der Waals surface area contributed by atoms with Gasteiger partial charge in [0.25, 0.3) is 0 Å². The van der Waals surface area contributed by atoms with Crippen LogP contribution in [0.25, 0.3) is 0 Å². The average molecular weight is 196 g/mol. The van der Waals surface area contributed by atoms with E-state index in [0.29, 0.717) is 10.7 Å². The molecule has 5 heteroatoms. The Morgan fingerprint density at radius 3 is 2.62 bits per heavy atom. The Morgan fingerprint density at radius 1 is 1.38 bits per heavy atom. The quantitative estimate of drug-likeness (QED) is 0.523. The maximum atomic E-state index is 5.76. The Hall–Kier alpha value is -0.840. The van der Waals surface area contributed by atoms with Crippen LogP contribution in [0, 0.1) is 16.6 Å². The number of H-pyrrole nitrogens is 1. The van der Waals surface area contributed by atoms with Crippen LogP contribution >= 0.6 is 12.2 Å². The molecule has 0 saturated heterocycles. The topological polar surface area (TPSA) is 59.6 Å². The van der Waals surface area contributed by atoms with Gasteiger partial charge in [-0.15, -0.1) is 0 Å². The predicted octanol–water partition coefficient (Wildman–Crippen LogP) is 1.17. The second kappa shape index (κ2) is 2.35. The van der Waals surface area contributed by atoms with E-state index in [0.717, 1.165) is 17.7 Å². The molecular formula is C8H12N4S. The van der Waals surface area contributed by atoms with Gasteiger partial charge in [-0.05, 0) is 43.3 Å². The highest BCUT2D eigenvalue weighted by molar-refractivity contribution is 7.71. The number of rotatable bonds is 1. The van der Waals surface area contributed by atoms with Crippen LogP contribution in [-0.2, 0) is 0 Å². The van der Waals surface area contributed by atoms with Crippen LogP contribution in [0.15, 0.2) is 0 Å². The van der Waals surface area contributed by atoms with Gasteiger partial charge in [0.05, 0.1) is 0 Å².